The fourth-order valence-electron chi connectivity index (χ4n) is 4.21. The Hall–Kier alpha value is -3.40. The van der Waals surface area contributed by atoms with E-state index in [0.29, 0.717) is 11.8 Å². The number of oxazole rings is 1. The SMILES string of the molecule is Cc1ccc2oc(Nc3ccc(-c4ccc(C(=O)C5CCCC5)cc4)cc3)nc2c1. The lowest BCUT2D eigenvalue weighted by atomic mass is 9.94. The van der Waals surface area contributed by atoms with Crippen LogP contribution >= 0.6 is 0 Å². The van der Waals surface area contributed by atoms with E-state index in [4.69, 9.17) is 4.42 Å². The number of aryl methyl sites for hydroxylation is 1. The molecular formula is C26H24N2O2. The number of hydrogen-bond donors (Lipinski definition) is 1. The summed E-state index contributed by atoms with van der Waals surface area (Å²) in [5.74, 6) is 0.518. The summed E-state index contributed by atoms with van der Waals surface area (Å²) in [7, 11) is 0. The highest BCUT2D eigenvalue weighted by molar-refractivity contribution is 5.98. The third-order valence-electron chi connectivity index (χ3n) is 5.91. The standard InChI is InChI=1S/C26H24N2O2/c1-17-6-15-24-23(16-17)28-26(30-24)27-22-13-11-19(12-14-22)18-7-9-21(10-8-18)25(29)20-4-2-3-5-20/h6-16,20H,2-5H2,1H3,(H,27,28). The second-order valence-corrected chi connectivity index (χ2v) is 8.12. The van der Waals surface area contributed by atoms with E-state index in [1.165, 1.54) is 12.8 Å². The summed E-state index contributed by atoms with van der Waals surface area (Å²) in [6.45, 7) is 2.04. The molecule has 1 saturated carbocycles. The average Bonchev–Trinajstić information content (AvgIpc) is 3.43. The highest BCUT2D eigenvalue weighted by Crippen LogP contribution is 2.30. The van der Waals surface area contributed by atoms with Crippen LogP contribution in [0, 0.1) is 12.8 Å². The van der Waals surface area contributed by atoms with E-state index < -0.39 is 0 Å². The van der Waals surface area contributed by atoms with Crippen LogP contribution in [0.4, 0.5) is 11.7 Å². The number of nitrogens with zero attached hydrogens (tertiary/aromatic N) is 1. The molecule has 0 bridgehead atoms. The predicted octanol–water partition coefficient (Wildman–Crippen LogP) is 6.92. The zero-order chi connectivity index (χ0) is 20.5. The van der Waals surface area contributed by atoms with E-state index in [1.807, 2.05) is 61.5 Å². The number of aromatic nitrogens is 1. The molecule has 1 fully saturated rings. The molecule has 0 saturated heterocycles. The maximum absolute atomic E-state index is 12.6. The van der Waals surface area contributed by atoms with Crippen LogP contribution in [-0.2, 0) is 0 Å². The van der Waals surface area contributed by atoms with Crippen molar-refractivity contribution in [2.75, 3.05) is 5.32 Å². The van der Waals surface area contributed by atoms with E-state index >= 15 is 0 Å². The lowest BCUT2D eigenvalue weighted by Gasteiger charge is -2.09. The number of ketones is 1. The van der Waals surface area contributed by atoms with Crippen molar-refractivity contribution in [2.24, 2.45) is 5.92 Å². The van der Waals surface area contributed by atoms with Gasteiger partial charge in [0.15, 0.2) is 11.4 Å². The van der Waals surface area contributed by atoms with Gasteiger partial charge in [-0.1, -0.05) is 55.3 Å². The Labute approximate surface area is 176 Å². The van der Waals surface area contributed by atoms with Gasteiger partial charge in [-0.3, -0.25) is 4.79 Å². The minimum absolute atomic E-state index is 0.219. The van der Waals surface area contributed by atoms with Gasteiger partial charge in [-0.15, -0.1) is 0 Å². The van der Waals surface area contributed by atoms with E-state index in [0.717, 1.165) is 51.9 Å². The van der Waals surface area contributed by atoms with Crippen molar-refractivity contribution in [3.8, 4) is 11.1 Å². The van der Waals surface area contributed by atoms with Crippen LogP contribution in [-0.4, -0.2) is 10.8 Å². The normalized spacial score (nSPS) is 14.3. The Morgan fingerprint density at radius 3 is 2.30 bits per heavy atom. The van der Waals surface area contributed by atoms with Crippen LogP contribution < -0.4 is 5.32 Å². The lowest BCUT2D eigenvalue weighted by Crippen LogP contribution is -2.10. The minimum atomic E-state index is 0.219. The van der Waals surface area contributed by atoms with Gasteiger partial charge in [0.05, 0.1) is 0 Å². The Morgan fingerprint density at radius 2 is 1.60 bits per heavy atom. The molecule has 1 heterocycles. The van der Waals surface area contributed by atoms with Crippen LogP contribution in [0.25, 0.3) is 22.2 Å². The zero-order valence-electron chi connectivity index (χ0n) is 17.0. The molecule has 0 aliphatic heterocycles. The van der Waals surface area contributed by atoms with Gasteiger partial charge in [-0.25, -0.2) is 0 Å². The second kappa shape index (κ2) is 7.79. The molecule has 1 N–H and O–H groups in total. The van der Waals surface area contributed by atoms with Crippen LogP contribution in [0.5, 0.6) is 0 Å². The molecule has 4 aromatic rings. The summed E-state index contributed by atoms with van der Waals surface area (Å²) in [5, 5.41) is 3.22. The number of carbonyl (C=O) groups excluding carboxylic acids is 1. The van der Waals surface area contributed by atoms with Crippen LogP contribution in [0.2, 0.25) is 0 Å². The first-order valence-electron chi connectivity index (χ1n) is 10.5. The Kier molecular flexibility index (Phi) is 4.83. The summed E-state index contributed by atoms with van der Waals surface area (Å²) in [4.78, 5) is 17.1. The predicted molar refractivity (Wildman–Crippen MR) is 120 cm³/mol. The van der Waals surface area contributed by atoms with Gasteiger partial charge in [0.2, 0.25) is 0 Å². The van der Waals surface area contributed by atoms with Gasteiger partial charge in [0.25, 0.3) is 6.01 Å². The van der Waals surface area contributed by atoms with Gasteiger partial charge in [-0.2, -0.15) is 4.98 Å². The number of rotatable bonds is 5. The van der Waals surface area contributed by atoms with Crippen molar-refractivity contribution in [2.45, 2.75) is 32.6 Å². The Bertz CT molecular complexity index is 1180. The summed E-state index contributed by atoms with van der Waals surface area (Å²) < 4.78 is 5.77. The number of benzene rings is 3. The molecule has 0 unspecified atom stereocenters. The molecule has 0 radical (unpaired) electrons. The fourth-order valence-corrected chi connectivity index (χ4v) is 4.21. The molecule has 3 aromatic carbocycles. The third kappa shape index (κ3) is 3.73. The number of fused-ring (bicyclic) bond motifs is 1. The lowest BCUT2D eigenvalue weighted by molar-refractivity contribution is 0.0923. The van der Waals surface area contributed by atoms with Gasteiger partial charge in [-0.05, 0) is 60.7 Å². The number of hydrogen-bond acceptors (Lipinski definition) is 4. The summed E-state index contributed by atoms with van der Waals surface area (Å²) in [6, 6.07) is 22.6. The molecule has 1 aliphatic carbocycles. The summed E-state index contributed by atoms with van der Waals surface area (Å²) in [5.41, 5.74) is 6.72. The summed E-state index contributed by atoms with van der Waals surface area (Å²) in [6.07, 6.45) is 4.43. The van der Waals surface area contributed by atoms with Crippen molar-refractivity contribution >= 4 is 28.6 Å². The minimum Gasteiger partial charge on any atom is -0.423 e. The molecule has 1 aliphatic rings. The molecule has 0 amide bonds. The number of anilines is 2. The Morgan fingerprint density at radius 1 is 0.933 bits per heavy atom. The van der Waals surface area contributed by atoms with Gasteiger partial charge >= 0.3 is 0 Å². The van der Waals surface area contributed by atoms with Crippen molar-refractivity contribution < 1.29 is 9.21 Å². The molecule has 30 heavy (non-hydrogen) atoms. The second-order valence-electron chi connectivity index (χ2n) is 8.12. The van der Waals surface area contributed by atoms with Crippen molar-refractivity contribution in [1.29, 1.82) is 0 Å². The molecule has 0 atom stereocenters. The first-order chi connectivity index (χ1) is 14.7. The van der Waals surface area contributed by atoms with Crippen LogP contribution in [0.15, 0.2) is 71.1 Å². The first-order valence-corrected chi connectivity index (χ1v) is 10.5. The molecular weight excluding hydrogens is 372 g/mol. The summed E-state index contributed by atoms with van der Waals surface area (Å²) >= 11 is 0. The molecule has 150 valence electrons. The number of nitrogens with one attached hydrogen (secondary N) is 1. The van der Waals surface area contributed by atoms with Crippen LogP contribution in [0.1, 0.15) is 41.6 Å². The monoisotopic (exact) mass is 396 g/mol. The first kappa shape index (κ1) is 18.6. The zero-order valence-corrected chi connectivity index (χ0v) is 17.0. The molecule has 4 nitrogen and oxygen atoms in total. The smallest absolute Gasteiger partial charge is 0.300 e. The number of Topliss-reactive ketones (excluding diaryl/α,β-unsaturated/α-hetero) is 1. The molecule has 0 spiro atoms. The van der Waals surface area contributed by atoms with E-state index in [2.05, 4.69) is 22.4 Å². The molecule has 5 rings (SSSR count). The average molecular weight is 396 g/mol. The largest absolute Gasteiger partial charge is 0.423 e. The molecule has 4 heteroatoms. The maximum Gasteiger partial charge on any atom is 0.300 e. The highest BCUT2D eigenvalue weighted by atomic mass is 16.4. The Balaban J connectivity index is 1.29. The maximum atomic E-state index is 12.6. The van der Waals surface area contributed by atoms with Crippen LogP contribution in [0.3, 0.4) is 0 Å². The topological polar surface area (TPSA) is 55.1 Å². The fraction of sp³-hybridized carbons (Fsp3) is 0.231. The van der Waals surface area contributed by atoms with Gasteiger partial charge in [0, 0.05) is 17.2 Å². The van der Waals surface area contributed by atoms with E-state index in [9.17, 15) is 4.79 Å². The van der Waals surface area contributed by atoms with Crippen molar-refractivity contribution in [3.05, 3.63) is 77.9 Å². The van der Waals surface area contributed by atoms with Crippen molar-refractivity contribution in [3.63, 3.8) is 0 Å². The van der Waals surface area contributed by atoms with E-state index in [1.54, 1.807) is 0 Å². The van der Waals surface area contributed by atoms with E-state index in [-0.39, 0.29) is 5.92 Å². The highest BCUT2D eigenvalue weighted by Gasteiger charge is 2.23. The van der Waals surface area contributed by atoms with Crippen molar-refractivity contribution in [1.82, 2.24) is 4.98 Å². The molecule has 1 aromatic heterocycles. The quantitative estimate of drug-likeness (QED) is 0.372. The van der Waals surface area contributed by atoms with Gasteiger partial charge < -0.3 is 9.73 Å². The third-order valence-corrected chi connectivity index (χ3v) is 5.91. The number of carbonyl (C=O) groups is 1. The van der Waals surface area contributed by atoms with Gasteiger partial charge in [0.1, 0.15) is 5.52 Å².